The van der Waals surface area contributed by atoms with E-state index in [1.54, 1.807) is 11.8 Å². The highest BCUT2D eigenvalue weighted by atomic mass is 16.4. The van der Waals surface area contributed by atoms with E-state index in [2.05, 4.69) is 5.32 Å². The van der Waals surface area contributed by atoms with Crippen molar-refractivity contribution in [3.63, 3.8) is 0 Å². The zero-order valence-electron chi connectivity index (χ0n) is 12.4. The molecule has 1 atom stereocenters. The number of carbonyl (C=O) groups excluding carboxylic acids is 1. The van der Waals surface area contributed by atoms with Crippen molar-refractivity contribution >= 4 is 11.9 Å². The molecule has 0 bridgehead atoms. The minimum absolute atomic E-state index is 0.0666. The second-order valence-electron chi connectivity index (χ2n) is 6.36. The van der Waals surface area contributed by atoms with Gasteiger partial charge in [0.2, 0.25) is 5.91 Å². The van der Waals surface area contributed by atoms with E-state index in [-0.39, 0.29) is 24.0 Å². The van der Waals surface area contributed by atoms with Crippen LogP contribution in [0.1, 0.15) is 53.4 Å². The fourth-order valence-electron chi connectivity index (χ4n) is 2.63. The minimum Gasteiger partial charge on any atom is -0.480 e. The van der Waals surface area contributed by atoms with Gasteiger partial charge in [0.05, 0.1) is 12.6 Å². The lowest BCUT2D eigenvalue weighted by Gasteiger charge is -2.38. The lowest BCUT2D eigenvalue weighted by atomic mass is 10.0. The van der Waals surface area contributed by atoms with Crippen LogP contribution in [0.2, 0.25) is 0 Å². The first-order chi connectivity index (χ1) is 8.71. The topological polar surface area (TPSA) is 69.6 Å². The van der Waals surface area contributed by atoms with Gasteiger partial charge in [0, 0.05) is 11.6 Å². The zero-order chi connectivity index (χ0) is 14.6. The molecule has 1 saturated carbocycles. The van der Waals surface area contributed by atoms with Gasteiger partial charge in [-0.1, -0.05) is 12.8 Å². The molecular weight excluding hydrogens is 244 g/mol. The maximum atomic E-state index is 12.2. The maximum absolute atomic E-state index is 12.2. The molecule has 0 spiro atoms. The Morgan fingerprint density at radius 3 is 2.26 bits per heavy atom. The quantitative estimate of drug-likeness (QED) is 0.796. The zero-order valence-corrected chi connectivity index (χ0v) is 12.4. The van der Waals surface area contributed by atoms with E-state index in [1.807, 2.05) is 20.8 Å². The number of nitrogens with zero attached hydrogens (tertiary/aromatic N) is 1. The molecular formula is C14H26N2O3. The number of carboxylic acid groups (broad SMARTS) is 1. The highest BCUT2D eigenvalue weighted by Crippen LogP contribution is 2.20. The van der Waals surface area contributed by atoms with E-state index in [1.165, 1.54) is 0 Å². The molecule has 0 aromatic rings. The Labute approximate surface area is 115 Å². The van der Waals surface area contributed by atoms with Crippen LogP contribution in [-0.2, 0) is 9.59 Å². The summed E-state index contributed by atoms with van der Waals surface area (Å²) in [7, 11) is 0. The van der Waals surface area contributed by atoms with Crippen LogP contribution in [0, 0.1) is 0 Å². The van der Waals surface area contributed by atoms with Crippen molar-refractivity contribution in [3.8, 4) is 0 Å². The lowest BCUT2D eigenvalue weighted by molar-refractivity contribution is -0.142. The normalized spacial score (nSPS) is 18.6. The molecule has 5 heteroatoms. The van der Waals surface area contributed by atoms with Crippen LogP contribution in [0.3, 0.4) is 0 Å². The first kappa shape index (κ1) is 16.0. The van der Waals surface area contributed by atoms with Crippen LogP contribution in [-0.4, -0.2) is 46.1 Å². The number of hydrogen-bond donors (Lipinski definition) is 2. The van der Waals surface area contributed by atoms with E-state index >= 15 is 0 Å². The van der Waals surface area contributed by atoms with E-state index in [9.17, 15) is 9.59 Å². The molecule has 0 aromatic heterocycles. The summed E-state index contributed by atoms with van der Waals surface area (Å²) in [5, 5.41) is 12.0. The molecule has 1 fully saturated rings. The van der Waals surface area contributed by atoms with Gasteiger partial charge in [-0.2, -0.15) is 0 Å². The van der Waals surface area contributed by atoms with E-state index in [4.69, 9.17) is 5.11 Å². The molecule has 1 aliphatic rings. The maximum Gasteiger partial charge on any atom is 0.317 e. The molecule has 2 N–H and O–H groups in total. The fourth-order valence-corrected chi connectivity index (χ4v) is 2.63. The third-order valence-corrected chi connectivity index (χ3v) is 3.72. The largest absolute Gasteiger partial charge is 0.480 e. The number of rotatable bonds is 5. The van der Waals surface area contributed by atoms with Gasteiger partial charge >= 0.3 is 5.97 Å². The van der Waals surface area contributed by atoms with Gasteiger partial charge in [-0.05, 0) is 40.5 Å². The summed E-state index contributed by atoms with van der Waals surface area (Å²) in [6.45, 7) is 7.43. The highest BCUT2D eigenvalue weighted by molar-refractivity contribution is 5.82. The monoisotopic (exact) mass is 270 g/mol. The summed E-state index contributed by atoms with van der Waals surface area (Å²) in [5.74, 6) is -0.974. The molecule has 1 unspecified atom stereocenters. The molecule has 1 amide bonds. The number of aliphatic carboxylic acids is 1. The minimum atomic E-state index is -0.907. The molecule has 110 valence electrons. The van der Waals surface area contributed by atoms with Crippen LogP contribution in [0.5, 0.6) is 0 Å². The molecule has 0 aromatic carbocycles. The van der Waals surface area contributed by atoms with Crippen LogP contribution in [0.25, 0.3) is 0 Å². The number of nitrogens with one attached hydrogen (secondary N) is 1. The van der Waals surface area contributed by atoms with Crippen molar-refractivity contribution in [2.45, 2.75) is 71.0 Å². The van der Waals surface area contributed by atoms with E-state index in [0.29, 0.717) is 0 Å². The number of carboxylic acids is 1. The van der Waals surface area contributed by atoms with Crippen molar-refractivity contribution in [2.75, 3.05) is 6.54 Å². The van der Waals surface area contributed by atoms with E-state index < -0.39 is 12.0 Å². The Kier molecular flexibility index (Phi) is 5.35. The van der Waals surface area contributed by atoms with Crippen molar-refractivity contribution in [3.05, 3.63) is 0 Å². The first-order valence-electron chi connectivity index (χ1n) is 7.00. The van der Waals surface area contributed by atoms with E-state index in [0.717, 1.165) is 25.7 Å². The first-order valence-corrected chi connectivity index (χ1v) is 7.00. The summed E-state index contributed by atoms with van der Waals surface area (Å²) in [4.78, 5) is 24.9. The van der Waals surface area contributed by atoms with Crippen molar-refractivity contribution < 1.29 is 14.7 Å². The number of carbonyl (C=O) groups is 2. The predicted octanol–water partition coefficient (Wildman–Crippen LogP) is 1.62. The molecule has 0 radical (unpaired) electrons. The predicted molar refractivity (Wildman–Crippen MR) is 74.0 cm³/mol. The molecule has 0 heterocycles. The van der Waals surface area contributed by atoms with Crippen LogP contribution in [0.4, 0.5) is 0 Å². The molecule has 1 aliphatic carbocycles. The average molecular weight is 270 g/mol. The summed E-state index contributed by atoms with van der Waals surface area (Å²) in [6, 6.07) is -0.168. The van der Waals surface area contributed by atoms with Crippen LogP contribution < -0.4 is 5.32 Å². The molecule has 0 aliphatic heterocycles. The average Bonchev–Trinajstić information content (AvgIpc) is 2.75. The van der Waals surface area contributed by atoms with Gasteiger partial charge < -0.3 is 10.4 Å². The van der Waals surface area contributed by atoms with Gasteiger partial charge in [0.15, 0.2) is 0 Å². The third-order valence-electron chi connectivity index (χ3n) is 3.72. The van der Waals surface area contributed by atoms with Gasteiger partial charge in [-0.15, -0.1) is 0 Å². The fraction of sp³-hybridized carbons (Fsp3) is 0.857. The Morgan fingerprint density at radius 2 is 1.84 bits per heavy atom. The number of hydrogen-bond acceptors (Lipinski definition) is 3. The van der Waals surface area contributed by atoms with Crippen molar-refractivity contribution in [2.24, 2.45) is 0 Å². The molecule has 1 rings (SSSR count). The second-order valence-corrected chi connectivity index (χ2v) is 6.36. The Balaban J connectivity index is 2.66. The van der Waals surface area contributed by atoms with Gasteiger partial charge in [0.1, 0.15) is 0 Å². The molecule has 19 heavy (non-hydrogen) atoms. The lowest BCUT2D eigenvalue weighted by Crippen LogP contribution is -2.55. The summed E-state index contributed by atoms with van der Waals surface area (Å²) >= 11 is 0. The molecule has 0 saturated heterocycles. The smallest absolute Gasteiger partial charge is 0.317 e. The SMILES string of the molecule is CC(C(=O)NC1CCCC1)N(CC(=O)O)C(C)(C)C. The Morgan fingerprint density at radius 1 is 1.32 bits per heavy atom. The summed E-state index contributed by atoms with van der Waals surface area (Å²) in [6.07, 6.45) is 4.40. The number of amides is 1. The van der Waals surface area contributed by atoms with Crippen LogP contribution in [0.15, 0.2) is 0 Å². The third kappa shape index (κ3) is 4.82. The Bertz CT molecular complexity index is 330. The van der Waals surface area contributed by atoms with Crippen molar-refractivity contribution in [1.29, 1.82) is 0 Å². The van der Waals surface area contributed by atoms with Crippen molar-refractivity contribution in [1.82, 2.24) is 10.2 Å². The van der Waals surface area contributed by atoms with Crippen LogP contribution >= 0.6 is 0 Å². The van der Waals surface area contributed by atoms with Gasteiger partial charge in [-0.3, -0.25) is 14.5 Å². The summed E-state index contributed by atoms with van der Waals surface area (Å²) in [5.41, 5.74) is -0.356. The van der Waals surface area contributed by atoms with Gasteiger partial charge in [-0.25, -0.2) is 0 Å². The highest BCUT2D eigenvalue weighted by Gasteiger charge is 2.33. The summed E-state index contributed by atoms with van der Waals surface area (Å²) < 4.78 is 0. The standard InChI is InChI=1S/C14H26N2O3/c1-10(13(19)15-11-7-5-6-8-11)16(9-12(17)18)14(2,3)4/h10-11H,5-9H2,1-4H3,(H,15,19)(H,17,18). The van der Waals surface area contributed by atoms with Gasteiger partial charge in [0.25, 0.3) is 0 Å². The second kappa shape index (κ2) is 6.37. The molecule has 5 nitrogen and oxygen atoms in total. The Hall–Kier alpha value is -1.10.